The number of aromatic amines is 1. The monoisotopic (exact) mass is 233 g/mol. The molecule has 1 heterocycles. The van der Waals surface area contributed by atoms with Crippen LogP contribution in [0.1, 0.15) is 12.1 Å². The lowest BCUT2D eigenvalue weighted by Gasteiger charge is -2.01. The largest absolute Gasteiger partial charge is 0.463 e. The minimum absolute atomic E-state index is 0.0749. The van der Waals surface area contributed by atoms with Gasteiger partial charge in [0.2, 0.25) is 0 Å². The molecule has 0 saturated heterocycles. The van der Waals surface area contributed by atoms with Crippen LogP contribution in [0.3, 0.4) is 0 Å². The first-order chi connectivity index (χ1) is 8.29. The fourth-order valence-corrected chi connectivity index (χ4v) is 1.74. The van der Waals surface area contributed by atoms with Gasteiger partial charge in [-0.15, -0.1) is 0 Å². The molecule has 0 bridgehead atoms. The molecule has 4 nitrogen and oxygen atoms in total. The van der Waals surface area contributed by atoms with Crippen molar-refractivity contribution in [2.24, 2.45) is 0 Å². The highest BCUT2D eigenvalue weighted by molar-refractivity contribution is 5.80. The summed E-state index contributed by atoms with van der Waals surface area (Å²) in [5.41, 5.74) is 2.10. The maximum atomic E-state index is 11.2. The molecular weight excluding hydrogens is 218 g/mol. The minimum atomic E-state index is -0.280. The van der Waals surface area contributed by atoms with Gasteiger partial charge in [0.1, 0.15) is 6.61 Å². The summed E-state index contributed by atoms with van der Waals surface area (Å²) in [7, 11) is 0. The van der Waals surface area contributed by atoms with Crippen LogP contribution in [0.15, 0.2) is 30.3 Å². The number of hydrogen-bond acceptors (Lipinski definition) is 3. The Hall–Kier alpha value is -1.81. The third kappa shape index (κ3) is 3.07. The third-order valence-electron chi connectivity index (χ3n) is 2.54. The molecule has 0 saturated carbocycles. The Bertz CT molecular complexity index is 471. The molecule has 0 aliphatic rings. The minimum Gasteiger partial charge on any atom is -0.463 e. The summed E-state index contributed by atoms with van der Waals surface area (Å²) in [4.78, 5) is 14.5. The van der Waals surface area contributed by atoms with Gasteiger partial charge in [0.15, 0.2) is 0 Å². The van der Waals surface area contributed by atoms with Crippen LogP contribution in [0.25, 0.3) is 10.9 Å². The van der Waals surface area contributed by atoms with Crippen molar-refractivity contribution < 1.29 is 14.6 Å². The molecule has 2 aromatic rings. The van der Waals surface area contributed by atoms with Crippen molar-refractivity contribution in [1.82, 2.24) is 4.98 Å². The SMILES string of the molecule is O=C(CCc1cc2ccccc2[nH]1)OCCO. The van der Waals surface area contributed by atoms with E-state index in [1.807, 2.05) is 30.3 Å². The van der Waals surface area contributed by atoms with Crippen molar-refractivity contribution in [2.75, 3.05) is 13.2 Å². The fourth-order valence-electron chi connectivity index (χ4n) is 1.74. The lowest BCUT2D eigenvalue weighted by atomic mass is 10.2. The van der Waals surface area contributed by atoms with Crippen LogP contribution in [0.5, 0.6) is 0 Å². The molecule has 2 N–H and O–H groups in total. The van der Waals surface area contributed by atoms with Gasteiger partial charge in [0.05, 0.1) is 13.0 Å². The van der Waals surface area contributed by atoms with E-state index in [4.69, 9.17) is 9.84 Å². The van der Waals surface area contributed by atoms with Crippen molar-refractivity contribution >= 4 is 16.9 Å². The molecule has 2 rings (SSSR count). The van der Waals surface area contributed by atoms with Crippen LogP contribution >= 0.6 is 0 Å². The normalized spacial score (nSPS) is 10.6. The molecule has 0 aliphatic heterocycles. The van der Waals surface area contributed by atoms with Crippen LogP contribution in [0.4, 0.5) is 0 Å². The Morgan fingerprint density at radius 1 is 1.35 bits per heavy atom. The second-order valence-corrected chi connectivity index (χ2v) is 3.83. The number of rotatable bonds is 5. The van der Waals surface area contributed by atoms with Gasteiger partial charge in [-0.1, -0.05) is 18.2 Å². The summed E-state index contributed by atoms with van der Waals surface area (Å²) in [6.07, 6.45) is 0.950. The van der Waals surface area contributed by atoms with Crippen molar-refractivity contribution in [1.29, 1.82) is 0 Å². The highest BCUT2D eigenvalue weighted by Gasteiger charge is 2.05. The number of aryl methyl sites for hydroxylation is 1. The molecule has 0 aliphatic carbocycles. The molecule has 0 radical (unpaired) electrons. The zero-order valence-corrected chi connectivity index (χ0v) is 9.48. The predicted octanol–water partition coefficient (Wildman–Crippen LogP) is 1.64. The van der Waals surface area contributed by atoms with E-state index in [0.29, 0.717) is 12.8 Å². The standard InChI is InChI=1S/C13H15NO3/c15-7-8-17-13(16)6-5-11-9-10-3-1-2-4-12(10)14-11/h1-4,9,14-15H,5-8H2. The number of H-pyrrole nitrogens is 1. The number of ether oxygens (including phenoxy) is 1. The summed E-state index contributed by atoms with van der Waals surface area (Å²) < 4.78 is 4.78. The van der Waals surface area contributed by atoms with Gasteiger partial charge < -0.3 is 14.8 Å². The van der Waals surface area contributed by atoms with E-state index in [-0.39, 0.29) is 19.2 Å². The predicted molar refractivity (Wildman–Crippen MR) is 64.7 cm³/mol. The first kappa shape index (κ1) is 11.7. The van der Waals surface area contributed by atoms with E-state index in [0.717, 1.165) is 16.6 Å². The van der Waals surface area contributed by atoms with Gasteiger partial charge in [-0.3, -0.25) is 4.79 Å². The van der Waals surface area contributed by atoms with E-state index in [1.165, 1.54) is 0 Å². The van der Waals surface area contributed by atoms with E-state index >= 15 is 0 Å². The number of aromatic nitrogens is 1. The maximum absolute atomic E-state index is 11.2. The summed E-state index contributed by atoms with van der Waals surface area (Å²) in [6, 6.07) is 10.0. The number of fused-ring (bicyclic) bond motifs is 1. The van der Waals surface area contributed by atoms with Crippen LogP contribution in [0, 0.1) is 0 Å². The van der Waals surface area contributed by atoms with Crippen LogP contribution in [-0.2, 0) is 16.0 Å². The summed E-state index contributed by atoms with van der Waals surface area (Å²) in [6.45, 7) is -0.0519. The van der Waals surface area contributed by atoms with Gasteiger partial charge in [-0.25, -0.2) is 0 Å². The number of hydrogen-bond donors (Lipinski definition) is 2. The van der Waals surface area contributed by atoms with E-state index in [1.54, 1.807) is 0 Å². The number of esters is 1. The smallest absolute Gasteiger partial charge is 0.306 e. The highest BCUT2D eigenvalue weighted by Crippen LogP contribution is 2.15. The van der Waals surface area contributed by atoms with Crippen molar-refractivity contribution in [2.45, 2.75) is 12.8 Å². The zero-order valence-electron chi connectivity index (χ0n) is 9.48. The molecule has 0 fully saturated rings. The van der Waals surface area contributed by atoms with Gasteiger partial charge >= 0.3 is 5.97 Å². The summed E-state index contributed by atoms with van der Waals surface area (Å²) in [5, 5.41) is 9.66. The Kier molecular flexibility index (Phi) is 3.77. The Balaban J connectivity index is 1.92. The summed E-state index contributed by atoms with van der Waals surface area (Å²) in [5.74, 6) is -0.280. The Morgan fingerprint density at radius 2 is 2.18 bits per heavy atom. The van der Waals surface area contributed by atoms with Gasteiger partial charge in [-0.2, -0.15) is 0 Å². The second-order valence-electron chi connectivity index (χ2n) is 3.83. The average Bonchev–Trinajstić information content (AvgIpc) is 2.76. The summed E-state index contributed by atoms with van der Waals surface area (Å²) >= 11 is 0. The number of benzene rings is 1. The first-order valence-electron chi connectivity index (χ1n) is 5.62. The first-order valence-corrected chi connectivity index (χ1v) is 5.62. The van der Waals surface area contributed by atoms with Gasteiger partial charge in [0, 0.05) is 11.2 Å². The number of para-hydroxylation sites is 1. The molecule has 1 aromatic heterocycles. The van der Waals surface area contributed by atoms with E-state index in [2.05, 4.69) is 4.98 Å². The number of nitrogens with one attached hydrogen (secondary N) is 1. The number of carbonyl (C=O) groups is 1. The molecule has 1 aromatic carbocycles. The highest BCUT2D eigenvalue weighted by atomic mass is 16.5. The molecule has 0 unspecified atom stereocenters. The Morgan fingerprint density at radius 3 is 2.94 bits per heavy atom. The second kappa shape index (κ2) is 5.50. The van der Waals surface area contributed by atoms with Crippen LogP contribution in [0.2, 0.25) is 0 Å². The molecule has 17 heavy (non-hydrogen) atoms. The van der Waals surface area contributed by atoms with Crippen molar-refractivity contribution in [3.05, 3.63) is 36.0 Å². The number of aliphatic hydroxyl groups is 1. The topological polar surface area (TPSA) is 62.3 Å². The van der Waals surface area contributed by atoms with Crippen molar-refractivity contribution in [3.8, 4) is 0 Å². The molecule has 0 atom stereocenters. The maximum Gasteiger partial charge on any atom is 0.306 e. The van der Waals surface area contributed by atoms with Gasteiger partial charge in [-0.05, 0) is 23.9 Å². The molecule has 4 heteroatoms. The van der Waals surface area contributed by atoms with Gasteiger partial charge in [0.25, 0.3) is 0 Å². The quantitative estimate of drug-likeness (QED) is 0.772. The lowest BCUT2D eigenvalue weighted by molar-refractivity contribution is -0.144. The van der Waals surface area contributed by atoms with Crippen LogP contribution < -0.4 is 0 Å². The fraction of sp³-hybridized carbons (Fsp3) is 0.308. The van der Waals surface area contributed by atoms with Crippen LogP contribution in [-0.4, -0.2) is 29.3 Å². The average molecular weight is 233 g/mol. The lowest BCUT2D eigenvalue weighted by Crippen LogP contribution is -2.09. The molecule has 90 valence electrons. The van der Waals surface area contributed by atoms with E-state index < -0.39 is 0 Å². The molecule has 0 amide bonds. The van der Waals surface area contributed by atoms with Crippen molar-refractivity contribution in [3.63, 3.8) is 0 Å². The van der Waals surface area contributed by atoms with E-state index in [9.17, 15) is 4.79 Å². The molecular formula is C13H15NO3. The zero-order chi connectivity index (χ0) is 12.1. The third-order valence-corrected chi connectivity index (χ3v) is 2.54. The molecule has 0 spiro atoms. The number of aliphatic hydroxyl groups excluding tert-OH is 1. The number of carbonyl (C=O) groups excluding carboxylic acids is 1. The Labute approximate surface area is 99.2 Å².